The molecule has 0 unspecified atom stereocenters. The highest BCUT2D eigenvalue weighted by molar-refractivity contribution is 5.56. The largest absolute Gasteiger partial charge is 0.395 e. The molecule has 1 aromatic heterocycles. The summed E-state index contributed by atoms with van der Waals surface area (Å²) in [6, 6.07) is 0. The number of aliphatic hydroxyl groups is 1. The smallest absolute Gasteiger partial charge is 0.137 e. The van der Waals surface area contributed by atoms with E-state index < -0.39 is 0 Å². The highest BCUT2D eigenvalue weighted by atomic mass is 16.3. The maximum atomic E-state index is 8.81. The van der Waals surface area contributed by atoms with E-state index >= 15 is 0 Å². The van der Waals surface area contributed by atoms with Gasteiger partial charge in [-0.25, -0.2) is 9.97 Å². The van der Waals surface area contributed by atoms with E-state index in [9.17, 15) is 0 Å². The van der Waals surface area contributed by atoms with Crippen molar-refractivity contribution in [2.45, 2.75) is 13.3 Å². The van der Waals surface area contributed by atoms with Crippen molar-refractivity contribution in [3.8, 4) is 0 Å². The van der Waals surface area contributed by atoms with Gasteiger partial charge in [-0.05, 0) is 6.42 Å². The van der Waals surface area contributed by atoms with E-state index in [2.05, 4.69) is 9.97 Å². The molecule has 3 N–H and O–H groups in total. The van der Waals surface area contributed by atoms with Gasteiger partial charge < -0.3 is 15.7 Å². The Morgan fingerprint density at radius 2 is 2.21 bits per heavy atom. The van der Waals surface area contributed by atoms with Gasteiger partial charge >= 0.3 is 0 Å². The van der Waals surface area contributed by atoms with Gasteiger partial charge in [0.15, 0.2) is 0 Å². The molecule has 0 amide bonds. The quantitative estimate of drug-likeness (QED) is 0.711. The van der Waals surface area contributed by atoms with Crippen molar-refractivity contribution < 1.29 is 5.11 Å². The van der Waals surface area contributed by atoms with Crippen molar-refractivity contribution >= 4 is 11.6 Å². The third-order valence-corrected chi connectivity index (χ3v) is 2.11. The minimum absolute atomic E-state index is 0.101. The SMILES string of the molecule is CCc1c(N)ncnc1N(C)CCO. The topological polar surface area (TPSA) is 75.3 Å². The average molecular weight is 196 g/mol. The minimum atomic E-state index is 0.101. The predicted octanol–water partition coefficient (Wildman–Crippen LogP) is 0.0497. The van der Waals surface area contributed by atoms with E-state index in [1.165, 1.54) is 6.33 Å². The maximum absolute atomic E-state index is 8.81. The van der Waals surface area contributed by atoms with E-state index in [1.54, 1.807) is 0 Å². The summed E-state index contributed by atoms with van der Waals surface area (Å²) in [5.41, 5.74) is 6.66. The van der Waals surface area contributed by atoms with Crippen molar-refractivity contribution in [2.75, 3.05) is 30.8 Å². The number of nitrogen functional groups attached to an aromatic ring is 1. The zero-order valence-corrected chi connectivity index (χ0v) is 8.56. The van der Waals surface area contributed by atoms with E-state index in [0.717, 1.165) is 17.8 Å². The van der Waals surface area contributed by atoms with Crippen LogP contribution in [0.4, 0.5) is 11.6 Å². The van der Waals surface area contributed by atoms with Crippen LogP contribution in [0.15, 0.2) is 6.33 Å². The van der Waals surface area contributed by atoms with Crippen molar-refractivity contribution in [1.29, 1.82) is 0 Å². The van der Waals surface area contributed by atoms with Gasteiger partial charge in [-0.3, -0.25) is 0 Å². The van der Waals surface area contributed by atoms with Gasteiger partial charge in [-0.15, -0.1) is 0 Å². The number of rotatable bonds is 4. The number of nitrogens with zero attached hydrogens (tertiary/aromatic N) is 3. The molecule has 1 heterocycles. The number of aromatic nitrogens is 2. The van der Waals surface area contributed by atoms with Crippen LogP contribution in [0.2, 0.25) is 0 Å². The molecule has 0 radical (unpaired) electrons. The van der Waals surface area contributed by atoms with Crippen LogP contribution in [0, 0.1) is 0 Å². The molecule has 0 aliphatic carbocycles. The van der Waals surface area contributed by atoms with Gasteiger partial charge in [0.1, 0.15) is 18.0 Å². The summed E-state index contributed by atoms with van der Waals surface area (Å²) in [7, 11) is 1.87. The lowest BCUT2D eigenvalue weighted by atomic mass is 10.2. The second-order valence-corrected chi connectivity index (χ2v) is 3.06. The monoisotopic (exact) mass is 196 g/mol. The van der Waals surface area contributed by atoms with Gasteiger partial charge in [-0.1, -0.05) is 6.92 Å². The lowest BCUT2D eigenvalue weighted by molar-refractivity contribution is 0.303. The van der Waals surface area contributed by atoms with E-state index in [0.29, 0.717) is 12.4 Å². The molecule has 0 spiro atoms. The first-order chi connectivity index (χ1) is 6.70. The van der Waals surface area contributed by atoms with Gasteiger partial charge in [0.25, 0.3) is 0 Å². The van der Waals surface area contributed by atoms with Crippen LogP contribution in [0.3, 0.4) is 0 Å². The zero-order valence-electron chi connectivity index (χ0n) is 8.56. The molecule has 1 rings (SSSR count). The van der Waals surface area contributed by atoms with Crippen LogP contribution >= 0.6 is 0 Å². The van der Waals surface area contributed by atoms with Crippen molar-refractivity contribution in [3.05, 3.63) is 11.9 Å². The molecule has 5 heteroatoms. The van der Waals surface area contributed by atoms with Crippen LogP contribution < -0.4 is 10.6 Å². The molecule has 0 saturated heterocycles. The fourth-order valence-electron chi connectivity index (χ4n) is 1.34. The summed E-state index contributed by atoms with van der Waals surface area (Å²) in [5.74, 6) is 1.32. The molecule has 0 atom stereocenters. The molecule has 0 aliphatic rings. The minimum Gasteiger partial charge on any atom is -0.395 e. The van der Waals surface area contributed by atoms with Gasteiger partial charge in [0.2, 0.25) is 0 Å². The first kappa shape index (κ1) is 10.7. The van der Waals surface area contributed by atoms with E-state index in [1.807, 2.05) is 18.9 Å². The second-order valence-electron chi connectivity index (χ2n) is 3.06. The Morgan fingerprint density at radius 3 is 2.79 bits per heavy atom. The number of hydrogen-bond acceptors (Lipinski definition) is 5. The van der Waals surface area contributed by atoms with Crippen molar-refractivity contribution in [2.24, 2.45) is 0 Å². The van der Waals surface area contributed by atoms with Crippen molar-refractivity contribution in [1.82, 2.24) is 9.97 Å². The summed E-state index contributed by atoms with van der Waals surface area (Å²) in [6.07, 6.45) is 2.23. The molecule has 78 valence electrons. The van der Waals surface area contributed by atoms with Gasteiger partial charge in [0.05, 0.1) is 6.61 Å². The molecule has 5 nitrogen and oxygen atoms in total. The lowest BCUT2D eigenvalue weighted by Crippen LogP contribution is -2.24. The second kappa shape index (κ2) is 4.76. The Hall–Kier alpha value is -1.36. The molecule has 0 saturated carbocycles. The Morgan fingerprint density at radius 1 is 1.50 bits per heavy atom. The first-order valence-corrected chi connectivity index (χ1v) is 4.62. The number of nitrogens with two attached hydrogens (primary N) is 1. The summed E-state index contributed by atoms with van der Waals surface area (Å²) in [4.78, 5) is 9.96. The molecule has 0 bridgehead atoms. The summed E-state index contributed by atoms with van der Waals surface area (Å²) < 4.78 is 0. The Labute approximate surface area is 83.6 Å². The van der Waals surface area contributed by atoms with Crippen molar-refractivity contribution in [3.63, 3.8) is 0 Å². The normalized spacial score (nSPS) is 10.2. The van der Waals surface area contributed by atoms with Crippen LogP contribution in [0.25, 0.3) is 0 Å². The fourth-order valence-corrected chi connectivity index (χ4v) is 1.34. The average Bonchev–Trinajstić information content (AvgIpc) is 2.17. The summed E-state index contributed by atoms with van der Waals surface area (Å²) in [6.45, 7) is 2.65. The van der Waals surface area contributed by atoms with Gasteiger partial charge in [-0.2, -0.15) is 0 Å². The van der Waals surface area contributed by atoms with Crippen LogP contribution in [0.5, 0.6) is 0 Å². The third-order valence-electron chi connectivity index (χ3n) is 2.11. The molecular weight excluding hydrogens is 180 g/mol. The third kappa shape index (κ3) is 2.11. The molecule has 0 aromatic carbocycles. The van der Waals surface area contributed by atoms with E-state index in [4.69, 9.17) is 10.8 Å². The summed E-state index contributed by atoms with van der Waals surface area (Å²) in [5, 5.41) is 8.81. The Bertz CT molecular complexity index is 303. The molecular formula is C9H16N4O. The lowest BCUT2D eigenvalue weighted by Gasteiger charge is -2.19. The molecule has 0 aliphatic heterocycles. The van der Waals surface area contributed by atoms with Gasteiger partial charge in [0, 0.05) is 19.2 Å². The van der Waals surface area contributed by atoms with Crippen LogP contribution in [-0.4, -0.2) is 35.3 Å². The van der Waals surface area contributed by atoms with Crippen LogP contribution in [-0.2, 0) is 6.42 Å². The number of anilines is 2. The predicted molar refractivity (Wildman–Crippen MR) is 56.2 cm³/mol. The standard InChI is InChI=1S/C9H16N4O/c1-3-7-8(10)11-6-12-9(7)13(2)4-5-14/h6,14H,3-5H2,1-2H3,(H2,10,11,12). The first-order valence-electron chi connectivity index (χ1n) is 4.62. The Balaban J connectivity index is 3.00. The molecule has 0 fully saturated rings. The Kier molecular flexibility index (Phi) is 3.64. The zero-order chi connectivity index (χ0) is 10.6. The van der Waals surface area contributed by atoms with Crippen LogP contribution in [0.1, 0.15) is 12.5 Å². The van der Waals surface area contributed by atoms with E-state index in [-0.39, 0.29) is 6.61 Å². The fraction of sp³-hybridized carbons (Fsp3) is 0.556. The molecule has 14 heavy (non-hydrogen) atoms. The highest BCUT2D eigenvalue weighted by Crippen LogP contribution is 2.20. The molecule has 1 aromatic rings. The summed E-state index contributed by atoms with van der Waals surface area (Å²) >= 11 is 0. The maximum Gasteiger partial charge on any atom is 0.137 e. The number of aliphatic hydroxyl groups excluding tert-OH is 1. The highest BCUT2D eigenvalue weighted by Gasteiger charge is 2.10. The number of hydrogen-bond donors (Lipinski definition) is 2. The number of likely N-dealkylation sites (N-methyl/N-ethyl adjacent to an activating group) is 1.